The maximum absolute atomic E-state index is 13.6. The van der Waals surface area contributed by atoms with Crippen molar-refractivity contribution in [1.82, 2.24) is 5.32 Å². The zero-order valence-corrected chi connectivity index (χ0v) is 18.4. The number of amides is 2. The van der Waals surface area contributed by atoms with E-state index in [1.165, 1.54) is 4.90 Å². The second kappa shape index (κ2) is 8.06. The van der Waals surface area contributed by atoms with E-state index in [0.717, 1.165) is 5.56 Å². The number of hydrogen-bond donors (Lipinski definition) is 1. The van der Waals surface area contributed by atoms with E-state index in [9.17, 15) is 19.7 Å². The lowest BCUT2D eigenvalue weighted by molar-refractivity contribution is -0.488. The van der Waals surface area contributed by atoms with Crippen molar-refractivity contribution in [3.63, 3.8) is 0 Å². The first-order valence-corrected chi connectivity index (χ1v) is 10.1. The molecule has 9 heteroatoms. The van der Waals surface area contributed by atoms with Crippen molar-refractivity contribution in [2.45, 2.75) is 38.5 Å². The molecule has 2 amide bonds. The molecule has 0 radical (unpaired) electrons. The highest BCUT2D eigenvalue weighted by molar-refractivity contribution is 9.10. The van der Waals surface area contributed by atoms with Gasteiger partial charge in [-0.3, -0.25) is 20.2 Å². The van der Waals surface area contributed by atoms with E-state index >= 15 is 0 Å². The minimum atomic E-state index is -1.88. The molecule has 1 aliphatic heterocycles. The maximum atomic E-state index is 13.6. The smallest absolute Gasteiger partial charge is 0.408 e. The summed E-state index contributed by atoms with van der Waals surface area (Å²) in [5.41, 5.74) is -0.996. The Kier molecular flexibility index (Phi) is 5.85. The molecule has 8 nitrogen and oxygen atoms in total. The van der Waals surface area contributed by atoms with Crippen LogP contribution in [0.1, 0.15) is 31.9 Å². The Labute approximate surface area is 182 Å². The number of carbonyl (C=O) groups excluding carboxylic acids is 2. The summed E-state index contributed by atoms with van der Waals surface area (Å²) in [6.45, 7) is 4.43. The predicted octanol–water partition coefficient (Wildman–Crippen LogP) is 3.99. The minimum Gasteiger partial charge on any atom is -0.444 e. The molecule has 1 N–H and O–H groups in total. The first kappa shape index (κ1) is 21.8. The molecule has 2 aromatic rings. The fourth-order valence-corrected chi connectivity index (χ4v) is 3.81. The van der Waals surface area contributed by atoms with Crippen LogP contribution in [0.4, 0.5) is 10.5 Å². The average Bonchev–Trinajstić information content (AvgIpc) is 2.83. The van der Waals surface area contributed by atoms with Crippen LogP contribution >= 0.6 is 15.9 Å². The number of rotatable bonds is 5. The average molecular weight is 476 g/mol. The number of nitrogens with zero attached hydrogens (tertiary/aromatic N) is 2. The molecule has 0 bridgehead atoms. The number of halogens is 1. The Morgan fingerprint density at radius 3 is 2.50 bits per heavy atom. The summed E-state index contributed by atoms with van der Waals surface area (Å²) in [6, 6.07) is 14.4. The third kappa shape index (κ3) is 4.46. The second-order valence-corrected chi connectivity index (χ2v) is 8.98. The number of hydrogen-bond acceptors (Lipinski definition) is 5. The predicted molar refractivity (Wildman–Crippen MR) is 115 cm³/mol. The van der Waals surface area contributed by atoms with Crippen LogP contribution in [0.3, 0.4) is 0 Å². The molecule has 158 valence electrons. The summed E-state index contributed by atoms with van der Waals surface area (Å²) in [4.78, 5) is 38.6. The maximum Gasteiger partial charge on any atom is 0.408 e. The lowest BCUT2D eigenvalue weighted by atomic mass is 9.91. The molecule has 0 fully saturated rings. The van der Waals surface area contributed by atoms with E-state index in [1.807, 2.05) is 30.3 Å². The Balaban J connectivity index is 2.09. The van der Waals surface area contributed by atoms with Gasteiger partial charge >= 0.3 is 6.09 Å². The highest BCUT2D eigenvalue weighted by Gasteiger charge is 2.56. The van der Waals surface area contributed by atoms with Crippen LogP contribution in [0.2, 0.25) is 0 Å². The summed E-state index contributed by atoms with van der Waals surface area (Å²) in [6.07, 6.45) is -0.898. The Hall–Kier alpha value is -2.94. The molecular formula is C21H22BrN3O5. The van der Waals surface area contributed by atoms with Gasteiger partial charge in [0.2, 0.25) is 12.1 Å². The summed E-state index contributed by atoms with van der Waals surface area (Å²) >= 11 is 3.36. The van der Waals surface area contributed by atoms with E-state index in [0.29, 0.717) is 15.7 Å². The molecule has 3 rings (SSSR count). The van der Waals surface area contributed by atoms with Crippen molar-refractivity contribution < 1.29 is 19.2 Å². The van der Waals surface area contributed by atoms with Gasteiger partial charge in [0.05, 0.1) is 12.2 Å². The number of nitro groups is 1. The van der Waals surface area contributed by atoms with Gasteiger partial charge in [0.25, 0.3) is 5.91 Å². The number of carbonyl (C=O) groups is 2. The van der Waals surface area contributed by atoms with Crippen molar-refractivity contribution in [1.29, 1.82) is 0 Å². The standard InChI is InChI=1S/C21H22BrN3O5/c1-20(2,3)30-19(27)23-21(13-25(28)29)16-11-15(22)9-10-17(16)24(18(21)26)12-14-7-5-4-6-8-14/h4-11H,12-13H2,1-3H3,(H,23,27)/t21-/m0/s1. The van der Waals surface area contributed by atoms with Crippen LogP contribution in [0.25, 0.3) is 0 Å². The van der Waals surface area contributed by atoms with E-state index < -0.39 is 34.6 Å². The molecular weight excluding hydrogens is 454 g/mol. The number of anilines is 1. The van der Waals surface area contributed by atoms with Crippen LogP contribution < -0.4 is 10.2 Å². The van der Waals surface area contributed by atoms with Crippen molar-refractivity contribution in [2.24, 2.45) is 0 Å². The number of alkyl carbamates (subject to hydrolysis) is 1. The van der Waals surface area contributed by atoms with E-state index in [4.69, 9.17) is 4.74 Å². The summed E-state index contributed by atoms with van der Waals surface area (Å²) in [7, 11) is 0. The second-order valence-electron chi connectivity index (χ2n) is 8.06. The highest BCUT2D eigenvalue weighted by Crippen LogP contribution is 2.43. The molecule has 1 heterocycles. The zero-order chi connectivity index (χ0) is 22.1. The van der Waals surface area contributed by atoms with Crippen LogP contribution in [-0.2, 0) is 21.6 Å². The largest absolute Gasteiger partial charge is 0.444 e. The molecule has 0 saturated heterocycles. The lowest BCUT2D eigenvalue weighted by Gasteiger charge is -2.28. The number of benzene rings is 2. The Morgan fingerprint density at radius 1 is 1.23 bits per heavy atom. The van der Waals surface area contributed by atoms with Gasteiger partial charge in [-0.25, -0.2) is 4.79 Å². The molecule has 30 heavy (non-hydrogen) atoms. The number of fused-ring (bicyclic) bond motifs is 1. The monoisotopic (exact) mass is 475 g/mol. The lowest BCUT2D eigenvalue weighted by Crippen LogP contribution is -2.57. The number of ether oxygens (including phenoxy) is 1. The number of nitrogens with one attached hydrogen (secondary N) is 1. The normalized spacial score (nSPS) is 18.1. The van der Waals surface area contributed by atoms with Gasteiger partial charge in [-0.2, -0.15) is 0 Å². The van der Waals surface area contributed by atoms with Gasteiger partial charge in [0.1, 0.15) is 5.60 Å². The molecule has 2 aromatic carbocycles. The van der Waals surface area contributed by atoms with Gasteiger partial charge in [-0.05, 0) is 44.5 Å². The van der Waals surface area contributed by atoms with Gasteiger partial charge in [-0.1, -0.05) is 46.3 Å². The Morgan fingerprint density at radius 2 is 1.90 bits per heavy atom. The van der Waals surface area contributed by atoms with Crippen LogP contribution in [0.5, 0.6) is 0 Å². The van der Waals surface area contributed by atoms with Crippen LogP contribution in [0.15, 0.2) is 53.0 Å². The van der Waals surface area contributed by atoms with Crippen molar-refractivity contribution in [2.75, 3.05) is 11.4 Å². The van der Waals surface area contributed by atoms with Crippen LogP contribution in [0, 0.1) is 10.1 Å². The fourth-order valence-electron chi connectivity index (χ4n) is 3.45. The quantitative estimate of drug-likeness (QED) is 0.520. The van der Waals surface area contributed by atoms with Crippen molar-refractivity contribution >= 4 is 33.6 Å². The van der Waals surface area contributed by atoms with Crippen molar-refractivity contribution in [3.05, 3.63) is 74.2 Å². The third-order valence-corrected chi connectivity index (χ3v) is 5.08. The first-order valence-electron chi connectivity index (χ1n) is 9.31. The van der Waals surface area contributed by atoms with E-state index in [2.05, 4.69) is 21.2 Å². The molecule has 0 unspecified atom stereocenters. The van der Waals surface area contributed by atoms with Crippen molar-refractivity contribution in [3.8, 4) is 0 Å². The molecule has 0 spiro atoms. The zero-order valence-electron chi connectivity index (χ0n) is 16.8. The molecule has 0 aliphatic carbocycles. The van der Waals surface area contributed by atoms with Gasteiger partial charge in [0.15, 0.2) is 0 Å². The van der Waals surface area contributed by atoms with E-state index in [-0.39, 0.29) is 6.54 Å². The first-order chi connectivity index (χ1) is 14.0. The molecule has 0 aromatic heterocycles. The highest BCUT2D eigenvalue weighted by atomic mass is 79.9. The summed E-state index contributed by atoms with van der Waals surface area (Å²) < 4.78 is 5.93. The molecule has 1 aliphatic rings. The SMILES string of the molecule is CC(C)(C)OC(=O)N[C@]1(C[N+](=O)[O-])C(=O)N(Cc2ccccc2)c2ccc(Br)cc21. The minimum absolute atomic E-state index is 0.212. The van der Waals surface area contributed by atoms with Gasteiger partial charge < -0.3 is 9.64 Å². The summed E-state index contributed by atoms with van der Waals surface area (Å²) in [5.74, 6) is -0.581. The Bertz CT molecular complexity index is 990. The molecule has 1 atom stereocenters. The van der Waals surface area contributed by atoms with E-state index in [1.54, 1.807) is 39.0 Å². The van der Waals surface area contributed by atoms with Crippen LogP contribution in [-0.4, -0.2) is 29.1 Å². The fraction of sp³-hybridized carbons (Fsp3) is 0.333. The van der Waals surface area contributed by atoms with Gasteiger partial charge in [0, 0.05) is 15.0 Å². The summed E-state index contributed by atoms with van der Waals surface area (Å²) in [5, 5.41) is 14.1. The topological polar surface area (TPSA) is 102 Å². The molecule has 0 saturated carbocycles. The van der Waals surface area contributed by atoms with Gasteiger partial charge in [-0.15, -0.1) is 0 Å². The third-order valence-electron chi connectivity index (χ3n) is 4.58.